The number of nitrogens with one attached hydrogen (secondary N) is 1. The largest absolute Gasteiger partial charge is 0.497 e. The number of hydrogen-bond donors (Lipinski definition) is 1. The average Bonchev–Trinajstić information content (AvgIpc) is 2.72. The van der Waals surface area contributed by atoms with E-state index in [2.05, 4.69) is 5.32 Å². The third-order valence-electron chi connectivity index (χ3n) is 4.73. The van der Waals surface area contributed by atoms with E-state index in [1.807, 2.05) is 26.0 Å². The van der Waals surface area contributed by atoms with E-state index in [1.54, 1.807) is 32.2 Å². The zero-order valence-corrected chi connectivity index (χ0v) is 18.5. The normalized spacial score (nSPS) is 11.8. The van der Waals surface area contributed by atoms with Crippen LogP contribution >= 0.6 is 11.6 Å². The quantitative estimate of drug-likeness (QED) is 0.642. The fraction of sp³-hybridized carbons (Fsp3) is 0.391. The van der Waals surface area contributed by atoms with Crippen molar-refractivity contribution in [2.75, 3.05) is 13.7 Å². The topological polar surface area (TPSA) is 58.6 Å². The van der Waals surface area contributed by atoms with Crippen molar-refractivity contribution < 1.29 is 18.7 Å². The number of halogens is 2. The molecule has 2 rings (SSSR count). The van der Waals surface area contributed by atoms with Crippen molar-refractivity contribution >= 4 is 23.4 Å². The molecule has 0 bridgehead atoms. The highest BCUT2D eigenvalue weighted by atomic mass is 35.5. The molecule has 30 heavy (non-hydrogen) atoms. The third-order valence-corrected chi connectivity index (χ3v) is 5.08. The van der Waals surface area contributed by atoms with Crippen LogP contribution in [0.15, 0.2) is 42.5 Å². The molecule has 0 saturated heterocycles. The van der Waals surface area contributed by atoms with E-state index in [-0.39, 0.29) is 35.4 Å². The molecule has 2 aromatic rings. The SMILES string of the molecule is COc1cccc(CN(C(=O)Cc2c(F)cccc2Cl)C(C)C(=O)NCC(C)C)c1. The summed E-state index contributed by atoms with van der Waals surface area (Å²) in [6, 6.07) is 10.8. The summed E-state index contributed by atoms with van der Waals surface area (Å²) in [5, 5.41) is 3.04. The molecular weight excluding hydrogens is 407 g/mol. The Labute approximate surface area is 182 Å². The number of methoxy groups -OCH3 is 1. The van der Waals surface area contributed by atoms with Gasteiger partial charge in [-0.3, -0.25) is 9.59 Å². The number of carbonyl (C=O) groups is 2. The molecule has 1 unspecified atom stereocenters. The maximum atomic E-state index is 14.2. The van der Waals surface area contributed by atoms with Crippen LogP contribution in [-0.2, 0) is 22.6 Å². The molecular formula is C23H28ClFN2O3. The molecule has 0 fully saturated rings. The molecule has 0 aliphatic rings. The standard InChI is InChI=1S/C23H28ClFN2O3/c1-15(2)13-26-23(29)16(3)27(14-17-7-5-8-18(11-17)30-4)22(28)12-19-20(24)9-6-10-21(19)25/h5-11,15-16H,12-14H2,1-4H3,(H,26,29). The summed E-state index contributed by atoms with van der Waals surface area (Å²) in [5.41, 5.74) is 0.917. The predicted molar refractivity (Wildman–Crippen MR) is 116 cm³/mol. The highest BCUT2D eigenvalue weighted by molar-refractivity contribution is 6.31. The number of carbonyl (C=O) groups excluding carboxylic acids is 2. The molecule has 0 saturated carbocycles. The minimum Gasteiger partial charge on any atom is -0.497 e. The van der Waals surface area contributed by atoms with Gasteiger partial charge in [0, 0.05) is 23.7 Å². The molecule has 7 heteroatoms. The Kier molecular flexibility index (Phi) is 8.66. The molecule has 5 nitrogen and oxygen atoms in total. The van der Waals surface area contributed by atoms with Crippen LogP contribution in [0.2, 0.25) is 5.02 Å². The number of benzene rings is 2. The Morgan fingerprint density at radius 2 is 1.87 bits per heavy atom. The lowest BCUT2D eigenvalue weighted by molar-refractivity contribution is -0.140. The maximum absolute atomic E-state index is 14.2. The Bertz CT molecular complexity index is 868. The second-order valence-electron chi connectivity index (χ2n) is 7.57. The van der Waals surface area contributed by atoms with Gasteiger partial charge in [-0.15, -0.1) is 0 Å². The fourth-order valence-corrected chi connectivity index (χ4v) is 3.19. The van der Waals surface area contributed by atoms with Crippen molar-refractivity contribution in [2.24, 2.45) is 5.92 Å². The van der Waals surface area contributed by atoms with Crippen LogP contribution in [0.1, 0.15) is 31.9 Å². The number of ether oxygens (including phenoxy) is 1. The van der Waals surface area contributed by atoms with Gasteiger partial charge in [-0.2, -0.15) is 0 Å². The fourth-order valence-electron chi connectivity index (χ4n) is 2.96. The zero-order valence-electron chi connectivity index (χ0n) is 17.7. The van der Waals surface area contributed by atoms with Crippen molar-refractivity contribution in [3.05, 3.63) is 64.4 Å². The van der Waals surface area contributed by atoms with Gasteiger partial charge in [0.2, 0.25) is 11.8 Å². The van der Waals surface area contributed by atoms with Gasteiger partial charge in [0.25, 0.3) is 0 Å². The van der Waals surface area contributed by atoms with Gasteiger partial charge in [-0.05, 0) is 42.7 Å². The summed E-state index contributed by atoms with van der Waals surface area (Å²) in [5.74, 6) is -0.277. The van der Waals surface area contributed by atoms with Gasteiger partial charge in [-0.25, -0.2) is 4.39 Å². The van der Waals surface area contributed by atoms with Gasteiger partial charge in [0.1, 0.15) is 17.6 Å². The molecule has 162 valence electrons. The van der Waals surface area contributed by atoms with Crippen LogP contribution in [0, 0.1) is 11.7 Å². The monoisotopic (exact) mass is 434 g/mol. The van der Waals surface area contributed by atoms with E-state index in [1.165, 1.54) is 17.0 Å². The minimum atomic E-state index is -0.743. The highest BCUT2D eigenvalue weighted by Crippen LogP contribution is 2.22. The Morgan fingerprint density at radius 3 is 2.50 bits per heavy atom. The summed E-state index contributed by atoms with van der Waals surface area (Å²) in [7, 11) is 1.56. The summed E-state index contributed by atoms with van der Waals surface area (Å²) < 4.78 is 19.5. The van der Waals surface area contributed by atoms with Crippen molar-refractivity contribution in [3.63, 3.8) is 0 Å². The lowest BCUT2D eigenvalue weighted by atomic mass is 10.1. The number of hydrogen-bond acceptors (Lipinski definition) is 3. The Balaban J connectivity index is 2.29. The highest BCUT2D eigenvalue weighted by Gasteiger charge is 2.27. The second-order valence-corrected chi connectivity index (χ2v) is 7.97. The van der Waals surface area contributed by atoms with Crippen LogP contribution in [0.5, 0.6) is 5.75 Å². The molecule has 1 atom stereocenters. The van der Waals surface area contributed by atoms with E-state index in [0.29, 0.717) is 12.3 Å². The lowest BCUT2D eigenvalue weighted by Gasteiger charge is -2.29. The molecule has 0 heterocycles. The van der Waals surface area contributed by atoms with E-state index in [9.17, 15) is 14.0 Å². The first kappa shape index (κ1) is 23.7. The molecule has 0 aromatic heterocycles. The van der Waals surface area contributed by atoms with Crippen molar-refractivity contribution in [3.8, 4) is 5.75 Å². The number of nitrogens with zero attached hydrogens (tertiary/aromatic N) is 1. The Morgan fingerprint density at radius 1 is 1.17 bits per heavy atom. The Hall–Kier alpha value is -2.60. The predicted octanol–water partition coefficient (Wildman–Crippen LogP) is 4.22. The van der Waals surface area contributed by atoms with Crippen molar-refractivity contribution in [1.82, 2.24) is 10.2 Å². The first-order chi connectivity index (χ1) is 14.2. The second kappa shape index (κ2) is 11.0. The first-order valence-electron chi connectivity index (χ1n) is 9.86. The summed E-state index contributed by atoms with van der Waals surface area (Å²) in [6.45, 7) is 6.33. The van der Waals surface area contributed by atoms with Crippen molar-refractivity contribution in [2.45, 2.75) is 39.8 Å². The molecule has 1 N–H and O–H groups in total. The minimum absolute atomic E-state index is 0.120. The third kappa shape index (κ3) is 6.46. The van der Waals surface area contributed by atoms with Gasteiger partial charge in [0.15, 0.2) is 0 Å². The zero-order chi connectivity index (χ0) is 22.3. The molecule has 2 aromatic carbocycles. The van der Waals surface area contributed by atoms with Gasteiger partial charge in [-0.1, -0.05) is 43.6 Å². The molecule has 2 amide bonds. The van der Waals surface area contributed by atoms with Crippen LogP contribution in [0.4, 0.5) is 4.39 Å². The molecule has 0 aliphatic carbocycles. The van der Waals surface area contributed by atoms with Gasteiger partial charge in [0.05, 0.1) is 13.5 Å². The first-order valence-corrected chi connectivity index (χ1v) is 10.2. The summed E-state index contributed by atoms with van der Waals surface area (Å²) in [4.78, 5) is 27.3. The van der Waals surface area contributed by atoms with E-state index >= 15 is 0 Å². The number of amides is 2. The van der Waals surface area contributed by atoms with E-state index in [4.69, 9.17) is 16.3 Å². The van der Waals surface area contributed by atoms with Crippen molar-refractivity contribution in [1.29, 1.82) is 0 Å². The lowest BCUT2D eigenvalue weighted by Crippen LogP contribution is -2.48. The molecule has 0 aliphatic heterocycles. The van der Waals surface area contributed by atoms with Crippen LogP contribution in [-0.4, -0.2) is 36.4 Å². The van der Waals surface area contributed by atoms with E-state index in [0.717, 1.165) is 5.56 Å². The van der Waals surface area contributed by atoms with Crippen LogP contribution < -0.4 is 10.1 Å². The smallest absolute Gasteiger partial charge is 0.242 e. The molecule has 0 spiro atoms. The van der Waals surface area contributed by atoms with Crippen LogP contribution in [0.3, 0.4) is 0 Å². The maximum Gasteiger partial charge on any atom is 0.242 e. The average molecular weight is 435 g/mol. The van der Waals surface area contributed by atoms with Gasteiger partial charge < -0.3 is 15.0 Å². The summed E-state index contributed by atoms with van der Waals surface area (Å²) >= 11 is 6.10. The number of rotatable bonds is 9. The molecule has 0 radical (unpaired) electrons. The van der Waals surface area contributed by atoms with E-state index < -0.39 is 17.8 Å². The van der Waals surface area contributed by atoms with Crippen LogP contribution in [0.25, 0.3) is 0 Å². The summed E-state index contributed by atoms with van der Waals surface area (Å²) in [6.07, 6.45) is -0.239. The van der Waals surface area contributed by atoms with Gasteiger partial charge >= 0.3 is 0 Å².